The number of nitrogens with one attached hydrogen (secondary N) is 2. The van der Waals surface area contributed by atoms with Crippen LogP contribution in [0.4, 0.5) is 5.69 Å². The molecule has 0 spiro atoms. The van der Waals surface area contributed by atoms with Crippen LogP contribution in [0.3, 0.4) is 0 Å². The highest BCUT2D eigenvalue weighted by atomic mass is 32.1. The van der Waals surface area contributed by atoms with Crippen molar-refractivity contribution >= 4 is 23.0 Å². The number of thiocarbonyl (C=S) groups is 1. The minimum absolute atomic E-state index is 0.637. The van der Waals surface area contributed by atoms with Gasteiger partial charge in [0, 0.05) is 26.2 Å². The van der Waals surface area contributed by atoms with Crippen molar-refractivity contribution < 1.29 is 4.74 Å². The van der Waals surface area contributed by atoms with Crippen LogP contribution in [0.25, 0.3) is 0 Å². The summed E-state index contributed by atoms with van der Waals surface area (Å²) >= 11 is 5.51. The first-order chi connectivity index (χ1) is 12.8. The topological polar surface area (TPSA) is 39.8 Å². The molecule has 2 N–H and O–H groups in total. The zero-order chi connectivity index (χ0) is 18.0. The van der Waals surface area contributed by atoms with E-state index in [4.69, 9.17) is 17.0 Å². The largest absolute Gasteiger partial charge is 0.379 e. The molecule has 3 rings (SSSR count). The molecule has 2 aromatic rings. The molecule has 1 heterocycles. The predicted octanol–water partition coefficient (Wildman–Crippen LogP) is 2.40. The monoisotopic (exact) mass is 370 g/mol. The van der Waals surface area contributed by atoms with E-state index >= 15 is 0 Å². The van der Waals surface area contributed by atoms with Gasteiger partial charge in [0.15, 0.2) is 5.11 Å². The molecular formula is C20H26N4OS. The Balaban J connectivity index is 1.53. The molecule has 0 aliphatic carbocycles. The molecule has 1 aliphatic heterocycles. The molecule has 0 aromatic heterocycles. The SMILES string of the molecule is S=C(NCCN1CCOCC1)NN(Cc1ccccc1)c1ccccc1. The molecule has 138 valence electrons. The van der Waals surface area contributed by atoms with Gasteiger partial charge in [-0.1, -0.05) is 48.5 Å². The lowest BCUT2D eigenvalue weighted by Gasteiger charge is -2.29. The second-order valence-corrected chi connectivity index (χ2v) is 6.64. The standard InChI is InChI=1S/C20H26N4OS/c26-20(21-11-12-23-13-15-25-16-14-23)22-24(19-9-5-2-6-10-19)17-18-7-3-1-4-8-18/h1-10H,11-17H2,(H2,21,22,26). The summed E-state index contributed by atoms with van der Waals surface area (Å²) in [7, 11) is 0. The second-order valence-electron chi connectivity index (χ2n) is 6.23. The summed E-state index contributed by atoms with van der Waals surface area (Å²) in [5, 5.41) is 6.02. The number of para-hydroxylation sites is 1. The van der Waals surface area contributed by atoms with Gasteiger partial charge in [0.2, 0.25) is 0 Å². The summed E-state index contributed by atoms with van der Waals surface area (Å²) in [5.74, 6) is 0. The maximum absolute atomic E-state index is 5.51. The van der Waals surface area contributed by atoms with Gasteiger partial charge in [-0.15, -0.1) is 0 Å². The Hall–Kier alpha value is -2.15. The van der Waals surface area contributed by atoms with Gasteiger partial charge >= 0.3 is 0 Å². The van der Waals surface area contributed by atoms with Crippen molar-refractivity contribution in [2.75, 3.05) is 44.4 Å². The fraction of sp³-hybridized carbons (Fsp3) is 0.350. The Bertz CT molecular complexity index is 662. The highest BCUT2D eigenvalue weighted by molar-refractivity contribution is 7.80. The number of hydrogen-bond acceptors (Lipinski definition) is 4. The molecule has 2 aromatic carbocycles. The van der Waals surface area contributed by atoms with E-state index in [1.807, 2.05) is 24.3 Å². The van der Waals surface area contributed by atoms with Gasteiger partial charge in [0.1, 0.15) is 0 Å². The Kier molecular flexibility index (Phi) is 7.25. The summed E-state index contributed by atoms with van der Waals surface area (Å²) < 4.78 is 5.38. The molecule has 1 saturated heterocycles. The maximum atomic E-state index is 5.51. The number of hydrogen-bond donors (Lipinski definition) is 2. The molecule has 0 amide bonds. The van der Waals surface area contributed by atoms with Crippen molar-refractivity contribution in [3.63, 3.8) is 0 Å². The second kappa shape index (κ2) is 10.1. The molecule has 26 heavy (non-hydrogen) atoms. The third kappa shape index (κ3) is 5.98. The zero-order valence-corrected chi connectivity index (χ0v) is 15.8. The number of morpholine rings is 1. The first kappa shape index (κ1) is 18.6. The Labute approximate surface area is 160 Å². The van der Waals surface area contributed by atoms with Crippen LogP contribution in [0, 0.1) is 0 Å². The van der Waals surface area contributed by atoms with E-state index < -0.39 is 0 Å². The van der Waals surface area contributed by atoms with Crippen LogP contribution in [0.15, 0.2) is 60.7 Å². The van der Waals surface area contributed by atoms with E-state index in [9.17, 15) is 0 Å². The maximum Gasteiger partial charge on any atom is 0.185 e. The third-order valence-corrected chi connectivity index (χ3v) is 4.54. The van der Waals surface area contributed by atoms with Crippen LogP contribution < -0.4 is 15.8 Å². The molecule has 0 atom stereocenters. The molecule has 0 saturated carbocycles. The summed E-state index contributed by atoms with van der Waals surface area (Å²) in [6, 6.07) is 20.6. The van der Waals surface area contributed by atoms with Crippen LogP contribution in [-0.4, -0.2) is 49.4 Å². The predicted molar refractivity (Wildman–Crippen MR) is 110 cm³/mol. The van der Waals surface area contributed by atoms with E-state index in [1.165, 1.54) is 5.56 Å². The summed E-state index contributed by atoms with van der Waals surface area (Å²) in [6.45, 7) is 6.15. The average molecular weight is 371 g/mol. The van der Waals surface area contributed by atoms with Crippen molar-refractivity contribution in [3.05, 3.63) is 66.2 Å². The Morgan fingerprint density at radius 2 is 1.65 bits per heavy atom. The first-order valence-electron chi connectivity index (χ1n) is 9.02. The van der Waals surface area contributed by atoms with Gasteiger partial charge in [0.25, 0.3) is 0 Å². The lowest BCUT2D eigenvalue weighted by atomic mass is 10.2. The lowest BCUT2D eigenvalue weighted by Crippen LogP contribution is -2.49. The number of nitrogens with zero attached hydrogens (tertiary/aromatic N) is 2. The first-order valence-corrected chi connectivity index (χ1v) is 9.43. The van der Waals surface area contributed by atoms with E-state index in [0.29, 0.717) is 5.11 Å². The van der Waals surface area contributed by atoms with E-state index in [-0.39, 0.29) is 0 Å². The van der Waals surface area contributed by atoms with Gasteiger partial charge < -0.3 is 10.1 Å². The number of benzene rings is 2. The third-order valence-electron chi connectivity index (χ3n) is 4.31. The van der Waals surface area contributed by atoms with Gasteiger partial charge in [-0.05, 0) is 29.9 Å². The van der Waals surface area contributed by atoms with Crippen LogP contribution in [0.1, 0.15) is 5.56 Å². The molecule has 1 fully saturated rings. The van der Waals surface area contributed by atoms with Crippen molar-refractivity contribution in [3.8, 4) is 0 Å². The minimum atomic E-state index is 0.637. The van der Waals surface area contributed by atoms with Gasteiger partial charge in [-0.25, -0.2) is 0 Å². The average Bonchev–Trinajstić information content (AvgIpc) is 2.70. The number of hydrazine groups is 1. The Morgan fingerprint density at radius 1 is 1.00 bits per heavy atom. The van der Waals surface area contributed by atoms with Gasteiger partial charge in [-0.3, -0.25) is 15.3 Å². The molecule has 6 heteroatoms. The van der Waals surface area contributed by atoms with Crippen LogP contribution in [-0.2, 0) is 11.3 Å². The summed E-state index contributed by atoms with van der Waals surface area (Å²) in [4.78, 5) is 2.39. The lowest BCUT2D eigenvalue weighted by molar-refractivity contribution is 0.0389. The summed E-state index contributed by atoms with van der Waals surface area (Å²) in [6.07, 6.45) is 0. The smallest absolute Gasteiger partial charge is 0.185 e. The quantitative estimate of drug-likeness (QED) is 0.576. The van der Waals surface area contributed by atoms with Crippen molar-refractivity contribution in [2.24, 2.45) is 0 Å². The van der Waals surface area contributed by atoms with Crippen molar-refractivity contribution in [1.29, 1.82) is 0 Å². The van der Waals surface area contributed by atoms with Crippen LogP contribution in [0.5, 0.6) is 0 Å². The van der Waals surface area contributed by atoms with Crippen molar-refractivity contribution in [1.82, 2.24) is 15.6 Å². The fourth-order valence-electron chi connectivity index (χ4n) is 2.88. The van der Waals surface area contributed by atoms with Crippen LogP contribution in [0.2, 0.25) is 0 Å². The molecule has 0 unspecified atom stereocenters. The molecule has 1 aliphatic rings. The van der Waals surface area contributed by atoms with E-state index in [0.717, 1.165) is 51.6 Å². The normalized spacial score (nSPS) is 14.6. The number of rotatable bonds is 7. The van der Waals surface area contributed by atoms with E-state index in [2.05, 4.69) is 57.0 Å². The molecule has 0 bridgehead atoms. The minimum Gasteiger partial charge on any atom is -0.379 e. The molecular weight excluding hydrogens is 344 g/mol. The highest BCUT2D eigenvalue weighted by Crippen LogP contribution is 2.14. The van der Waals surface area contributed by atoms with E-state index in [1.54, 1.807) is 0 Å². The number of ether oxygens (including phenoxy) is 1. The Morgan fingerprint density at radius 3 is 2.35 bits per heavy atom. The summed E-state index contributed by atoms with van der Waals surface area (Å²) in [5.41, 5.74) is 5.63. The van der Waals surface area contributed by atoms with Crippen molar-refractivity contribution in [2.45, 2.75) is 6.54 Å². The molecule has 0 radical (unpaired) electrons. The van der Waals surface area contributed by atoms with Gasteiger partial charge in [0.05, 0.1) is 25.4 Å². The molecule has 5 nitrogen and oxygen atoms in total. The zero-order valence-electron chi connectivity index (χ0n) is 14.9. The highest BCUT2D eigenvalue weighted by Gasteiger charge is 2.11. The number of anilines is 1. The van der Waals surface area contributed by atoms with Crippen LogP contribution >= 0.6 is 12.2 Å². The van der Waals surface area contributed by atoms with Gasteiger partial charge in [-0.2, -0.15) is 0 Å². The fourth-order valence-corrected chi connectivity index (χ4v) is 3.10.